The maximum Gasteiger partial charge on any atom is 0.416 e. The van der Waals surface area contributed by atoms with E-state index in [-0.39, 0.29) is 11.8 Å². The topological polar surface area (TPSA) is 95.9 Å². The number of carboxylic acids is 2. The van der Waals surface area contributed by atoms with E-state index in [9.17, 15) is 13.2 Å². The molecule has 1 unspecified atom stereocenters. The third-order valence-corrected chi connectivity index (χ3v) is 5.16. The van der Waals surface area contributed by atoms with Gasteiger partial charge in [0.1, 0.15) is 5.75 Å². The predicted molar refractivity (Wildman–Crippen MR) is 122 cm³/mol. The van der Waals surface area contributed by atoms with Gasteiger partial charge in [0, 0.05) is 17.8 Å². The minimum absolute atomic E-state index is 0.0770. The van der Waals surface area contributed by atoms with Gasteiger partial charge in [0.2, 0.25) is 0 Å². The van der Waals surface area contributed by atoms with Crippen LogP contribution in [-0.4, -0.2) is 35.8 Å². The zero-order chi connectivity index (χ0) is 25.3. The summed E-state index contributed by atoms with van der Waals surface area (Å²) in [6, 6.07) is 17.5. The molecule has 34 heavy (non-hydrogen) atoms. The van der Waals surface area contributed by atoms with E-state index in [1.165, 1.54) is 11.1 Å². The molecule has 0 aliphatic heterocycles. The van der Waals surface area contributed by atoms with Crippen LogP contribution in [0.15, 0.2) is 60.7 Å². The van der Waals surface area contributed by atoms with Crippen molar-refractivity contribution in [3.63, 3.8) is 0 Å². The van der Waals surface area contributed by atoms with E-state index in [0.717, 1.165) is 18.6 Å². The van der Waals surface area contributed by atoms with Crippen molar-refractivity contribution in [2.24, 2.45) is 0 Å². The van der Waals surface area contributed by atoms with Crippen molar-refractivity contribution >= 4 is 22.7 Å². The molecule has 0 radical (unpaired) electrons. The molecule has 0 amide bonds. The lowest BCUT2D eigenvalue weighted by molar-refractivity contribution is -0.159. The van der Waals surface area contributed by atoms with E-state index < -0.39 is 23.7 Å². The molecular weight excluding hydrogens is 451 g/mol. The van der Waals surface area contributed by atoms with Crippen LogP contribution in [-0.2, 0) is 22.2 Å². The van der Waals surface area contributed by atoms with E-state index in [0.29, 0.717) is 23.8 Å². The fourth-order valence-corrected chi connectivity index (χ4v) is 3.50. The van der Waals surface area contributed by atoms with Crippen LogP contribution in [0.1, 0.15) is 36.1 Å². The van der Waals surface area contributed by atoms with Gasteiger partial charge in [-0.05, 0) is 42.1 Å². The lowest BCUT2D eigenvalue weighted by Crippen LogP contribution is -2.20. The SMILES string of the molecule is CCc1ccccc1C(CCOc1cc(C(F)(F)F)cc2ccccc12)NC.O=C(O)C(=O)O. The predicted octanol–water partition coefficient (Wildman–Crippen LogP) is 5.31. The van der Waals surface area contributed by atoms with Gasteiger partial charge in [-0.2, -0.15) is 13.2 Å². The molecular formula is C25H26F3NO5. The monoisotopic (exact) mass is 477 g/mol. The van der Waals surface area contributed by atoms with Crippen LogP contribution in [0.25, 0.3) is 10.8 Å². The van der Waals surface area contributed by atoms with Crippen molar-refractivity contribution in [3.8, 4) is 5.75 Å². The number of carboxylic acid groups (broad SMARTS) is 2. The zero-order valence-electron chi connectivity index (χ0n) is 18.7. The zero-order valence-corrected chi connectivity index (χ0v) is 18.7. The molecule has 0 aliphatic rings. The molecule has 182 valence electrons. The highest BCUT2D eigenvalue weighted by molar-refractivity contribution is 6.27. The lowest BCUT2D eigenvalue weighted by Gasteiger charge is -2.20. The number of alkyl halides is 3. The minimum atomic E-state index is -4.41. The molecule has 1 atom stereocenters. The maximum absolute atomic E-state index is 13.2. The third kappa shape index (κ3) is 7.21. The first kappa shape index (κ1) is 26.7. The molecule has 0 fully saturated rings. The average Bonchev–Trinajstić information content (AvgIpc) is 2.81. The van der Waals surface area contributed by atoms with Crippen LogP contribution in [0, 0.1) is 0 Å². The van der Waals surface area contributed by atoms with Gasteiger partial charge < -0.3 is 20.3 Å². The number of hydrogen-bond donors (Lipinski definition) is 3. The fraction of sp³-hybridized carbons (Fsp3) is 0.280. The van der Waals surface area contributed by atoms with Crippen molar-refractivity contribution < 1.29 is 37.7 Å². The second-order valence-electron chi connectivity index (χ2n) is 7.33. The van der Waals surface area contributed by atoms with Gasteiger partial charge in [0.05, 0.1) is 12.2 Å². The molecule has 0 bridgehead atoms. The molecule has 0 heterocycles. The number of halogens is 3. The molecule has 3 aromatic rings. The maximum atomic E-state index is 13.2. The number of nitrogens with one attached hydrogen (secondary N) is 1. The summed E-state index contributed by atoms with van der Waals surface area (Å²) in [4.78, 5) is 18.2. The number of aliphatic carboxylic acids is 2. The number of fused-ring (bicyclic) bond motifs is 1. The van der Waals surface area contributed by atoms with Crippen molar-refractivity contribution in [3.05, 3.63) is 77.4 Å². The van der Waals surface area contributed by atoms with E-state index in [4.69, 9.17) is 24.5 Å². The summed E-state index contributed by atoms with van der Waals surface area (Å²) in [6.07, 6.45) is -2.83. The molecule has 6 nitrogen and oxygen atoms in total. The summed E-state index contributed by atoms with van der Waals surface area (Å²) in [6.45, 7) is 2.42. The average molecular weight is 477 g/mol. The molecule has 3 aromatic carbocycles. The highest BCUT2D eigenvalue weighted by Crippen LogP contribution is 2.36. The number of ether oxygens (including phenoxy) is 1. The molecule has 0 spiro atoms. The summed E-state index contributed by atoms with van der Waals surface area (Å²) in [5.74, 6) is -3.38. The van der Waals surface area contributed by atoms with E-state index in [1.54, 1.807) is 24.3 Å². The summed E-state index contributed by atoms with van der Waals surface area (Å²) < 4.78 is 45.6. The summed E-state index contributed by atoms with van der Waals surface area (Å²) >= 11 is 0. The fourth-order valence-electron chi connectivity index (χ4n) is 3.50. The Bertz CT molecular complexity index is 1120. The Morgan fingerprint density at radius 2 is 1.62 bits per heavy atom. The first-order chi connectivity index (χ1) is 16.1. The highest BCUT2D eigenvalue weighted by atomic mass is 19.4. The highest BCUT2D eigenvalue weighted by Gasteiger charge is 2.31. The van der Waals surface area contributed by atoms with Gasteiger partial charge >= 0.3 is 18.1 Å². The molecule has 9 heteroatoms. The molecule has 0 aromatic heterocycles. The number of carbonyl (C=O) groups is 2. The first-order valence-corrected chi connectivity index (χ1v) is 10.5. The Morgan fingerprint density at radius 1 is 1.00 bits per heavy atom. The Morgan fingerprint density at radius 3 is 2.21 bits per heavy atom. The van der Waals surface area contributed by atoms with Crippen LogP contribution >= 0.6 is 0 Å². The molecule has 0 aliphatic carbocycles. The first-order valence-electron chi connectivity index (χ1n) is 10.5. The Labute approximate surface area is 195 Å². The smallest absolute Gasteiger partial charge is 0.416 e. The number of rotatable bonds is 7. The van der Waals surface area contributed by atoms with Gasteiger partial charge in [-0.25, -0.2) is 9.59 Å². The quantitative estimate of drug-likeness (QED) is 0.400. The van der Waals surface area contributed by atoms with Crippen LogP contribution < -0.4 is 10.1 Å². The number of hydrogen-bond acceptors (Lipinski definition) is 4. The van der Waals surface area contributed by atoms with Crippen LogP contribution in [0.3, 0.4) is 0 Å². The normalized spacial score (nSPS) is 11.9. The van der Waals surface area contributed by atoms with E-state index >= 15 is 0 Å². The van der Waals surface area contributed by atoms with Crippen molar-refractivity contribution in [2.75, 3.05) is 13.7 Å². The molecule has 3 N–H and O–H groups in total. The second-order valence-corrected chi connectivity index (χ2v) is 7.33. The van der Waals surface area contributed by atoms with Crippen LogP contribution in [0.4, 0.5) is 13.2 Å². The van der Waals surface area contributed by atoms with Crippen molar-refractivity contribution in [2.45, 2.75) is 32.0 Å². The van der Waals surface area contributed by atoms with E-state index in [2.05, 4.69) is 24.4 Å². The summed E-state index contributed by atoms with van der Waals surface area (Å²) in [5, 5.41) is 19.3. The lowest BCUT2D eigenvalue weighted by atomic mass is 9.97. The summed E-state index contributed by atoms with van der Waals surface area (Å²) in [5.41, 5.74) is 1.76. The van der Waals surface area contributed by atoms with Gasteiger partial charge in [-0.3, -0.25) is 0 Å². The standard InChI is InChI=1S/C23H24F3NO.C2H2O4/c1-3-16-8-4-6-10-19(16)21(27-2)12-13-28-22-15-18(23(24,25)26)14-17-9-5-7-11-20(17)22;3-1(4)2(5)6/h4-11,14-15,21,27H,3,12-13H2,1-2H3;(H,3,4)(H,5,6). The molecule has 0 saturated heterocycles. The van der Waals surface area contributed by atoms with E-state index in [1.807, 2.05) is 19.2 Å². The number of aryl methyl sites for hydroxylation is 1. The van der Waals surface area contributed by atoms with Crippen LogP contribution in [0.2, 0.25) is 0 Å². The van der Waals surface area contributed by atoms with Gasteiger partial charge in [-0.15, -0.1) is 0 Å². The largest absolute Gasteiger partial charge is 0.493 e. The second kappa shape index (κ2) is 12.0. The molecule has 0 saturated carbocycles. The Hall–Kier alpha value is -3.59. The number of benzene rings is 3. The third-order valence-electron chi connectivity index (χ3n) is 5.16. The Kier molecular flexibility index (Phi) is 9.44. The minimum Gasteiger partial charge on any atom is -0.493 e. The van der Waals surface area contributed by atoms with Gasteiger partial charge in [0.15, 0.2) is 0 Å². The summed E-state index contributed by atoms with van der Waals surface area (Å²) in [7, 11) is 1.89. The van der Waals surface area contributed by atoms with Crippen molar-refractivity contribution in [1.29, 1.82) is 0 Å². The van der Waals surface area contributed by atoms with Gasteiger partial charge in [0.25, 0.3) is 0 Å². The Balaban J connectivity index is 0.000000604. The van der Waals surface area contributed by atoms with Crippen molar-refractivity contribution in [1.82, 2.24) is 5.32 Å². The van der Waals surface area contributed by atoms with Gasteiger partial charge in [-0.1, -0.05) is 55.5 Å². The van der Waals surface area contributed by atoms with Crippen LogP contribution in [0.5, 0.6) is 5.75 Å². The molecule has 3 rings (SSSR count).